The average molecular weight is 451 g/mol. The molecule has 154 valence electrons. The minimum absolute atomic E-state index is 0.105. The summed E-state index contributed by atoms with van der Waals surface area (Å²) in [5.74, 6) is -1.10. The number of benzene rings is 2. The Balaban J connectivity index is 2.10. The normalized spacial score (nSPS) is 12.4. The van der Waals surface area contributed by atoms with E-state index in [2.05, 4.69) is 5.10 Å². The molecule has 0 aliphatic rings. The van der Waals surface area contributed by atoms with Gasteiger partial charge in [0.2, 0.25) is 0 Å². The molecular formula is C19H13ClF6N2S. The molecule has 0 amide bonds. The second kappa shape index (κ2) is 7.95. The van der Waals surface area contributed by atoms with Crippen LogP contribution in [-0.2, 0) is 6.18 Å². The lowest BCUT2D eigenvalue weighted by atomic mass is 10.1. The van der Waals surface area contributed by atoms with E-state index in [1.807, 2.05) is 0 Å². The molecule has 2 aromatic carbocycles. The van der Waals surface area contributed by atoms with Gasteiger partial charge in [0.15, 0.2) is 5.69 Å². The van der Waals surface area contributed by atoms with Crippen molar-refractivity contribution in [3.05, 3.63) is 64.8 Å². The molecule has 3 aromatic rings. The van der Waals surface area contributed by atoms with Crippen LogP contribution in [0.15, 0.2) is 53.4 Å². The van der Waals surface area contributed by atoms with Crippen molar-refractivity contribution >= 4 is 23.4 Å². The first-order valence-electron chi connectivity index (χ1n) is 8.18. The van der Waals surface area contributed by atoms with Crippen LogP contribution in [0.25, 0.3) is 16.9 Å². The molecule has 0 saturated carbocycles. The van der Waals surface area contributed by atoms with E-state index >= 15 is 0 Å². The summed E-state index contributed by atoms with van der Waals surface area (Å²) in [5, 5.41) is 4.06. The third-order valence-corrected chi connectivity index (χ3v) is 5.42. The van der Waals surface area contributed by atoms with Gasteiger partial charge in [-0.15, -0.1) is 11.8 Å². The summed E-state index contributed by atoms with van der Waals surface area (Å²) in [4.78, 5) is 0.331. The minimum atomic E-state index is -4.68. The van der Waals surface area contributed by atoms with Crippen molar-refractivity contribution < 1.29 is 26.3 Å². The summed E-state index contributed by atoms with van der Waals surface area (Å²) in [6.07, 6.45) is -9.04. The Labute approximate surface area is 171 Å². The van der Waals surface area contributed by atoms with Crippen LogP contribution in [-0.4, -0.2) is 21.7 Å². The van der Waals surface area contributed by atoms with Gasteiger partial charge in [-0.3, -0.25) is 0 Å². The Morgan fingerprint density at radius 3 is 2.21 bits per heavy atom. The molecule has 0 atom stereocenters. The zero-order valence-electron chi connectivity index (χ0n) is 14.8. The van der Waals surface area contributed by atoms with Crippen molar-refractivity contribution in [2.24, 2.45) is 0 Å². The molecule has 2 nitrogen and oxygen atoms in total. The number of rotatable bonds is 4. The molecule has 0 spiro atoms. The number of aromatic nitrogens is 2. The van der Waals surface area contributed by atoms with Gasteiger partial charge in [0, 0.05) is 15.5 Å². The number of hydrogen-bond donors (Lipinski definition) is 0. The van der Waals surface area contributed by atoms with Gasteiger partial charge in [0.25, 0.3) is 0 Å². The predicted molar refractivity (Wildman–Crippen MR) is 101 cm³/mol. The Morgan fingerprint density at radius 2 is 1.62 bits per heavy atom. The van der Waals surface area contributed by atoms with Crippen molar-refractivity contribution in [2.45, 2.75) is 24.2 Å². The summed E-state index contributed by atoms with van der Waals surface area (Å²) < 4.78 is 78.6. The van der Waals surface area contributed by atoms with Crippen molar-refractivity contribution in [1.82, 2.24) is 9.78 Å². The molecule has 10 heteroatoms. The average Bonchev–Trinajstić information content (AvgIpc) is 3.07. The first-order chi connectivity index (χ1) is 13.4. The van der Waals surface area contributed by atoms with Crippen molar-refractivity contribution in [1.29, 1.82) is 0 Å². The highest BCUT2D eigenvalue weighted by Crippen LogP contribution is 2.36. The second-order valence-electron chi connectivity index (χ2n) is 6.18. The summed E-state index contributed by atoms with van der Waals surface area (Å²) in [6.45, 7) is 1.64. The van der Waals surface area contributed by atoms with E-state index in [1.165, 1.54) is 30.3 Å². The van der Waals surface area contributed by atoms with Crippen molar-refractivity contribution in [3.8, 4) is 16.9 Å². The lowest BCUT2D eigenvalue weighted by Crippen LogP contribution is -2.10. The molecule has 0 N–H and O–H groups in total. The molecular weight excluding hydrogens is 438 g/mol. The van der Waals surface area contributed by atoms with E-state index in [-0.39, 0.29) is 5.69 Å². The van der Waals surface area contributed by atoms with Crippen LogP contribution >= 0.6 is 23.4 Å². The van der Waals surface area contributed by atoms with Crippen LogP contribution in [0, 0.1) is 6.92 Å². The fourth-order valence-electron chi connectivity index (χ4n) is 2.58. The summed E-state index contributed by atoms with van der Waals surface area (Å²) in [5.41, 5.74) is 0.251. The molecule has 3 rings (SSSR count). The van der Waals surface area contributed by atoms with Crippen molar-refractivity contribution in [3.63, 3.8) is 0 Å². The standard InChI is InChI=1S/C19H13ClF6N2S/c1-11-2-3-12(8-16(11)29-10-18(21,22)23)15-9-17(19(24,25)26)27-28(15)14-6-4-13(20)5-7-14/h2-9H,10H2,1H3. The first kappa shape index (κ1) is 21.6. The van der Waals surface area contributed by atoms with Crippen LogP contribution in [0.4, 0.5) is 26.3 Å². The Bertz CT molecular complexity index is 1010. The number of halogens is 7. The SMILES string of the molecule is Cc1ccc(-c2cc(C(F)(F)F)nn2-c2ccc(Cl)cc2)cc1SCC(F)(F)F. The van der Waals surface area contributed by atoms with Crippen LogP contribution in [0.1, 0.15) is 11.3 Å². The molecule has 0 saturated heterocycles. The predicted octanol–water partition coefficient (Wildman–Crippen LogP) is 7.17. The number of aryl methyl sites for hydroxylation is 1. The largest absolute Gasteiger partial charge is 0.435 e. The summed E-state index contributed by atoms with van der Waals surface area (Å²) >= 11 is 6.42. The molecule has 0 aliphatic carbocycles. The molecule has 29 heavy (non-hydrogen) atoms. The van der Waals surface area contributed by atoms with Gasteiger partial charge in [-0.25, -0.2) is 4.68 Å². The molecule has 0 aliphatic heterocycles. The fourth-order valence-corrected chi connectivity index (χ4v) is 3.53. The van der Waals surface area contributed by atoms with Crippen LogP contribution in [0.3, 0.4) is 0 Å². The second-order valence-corrected chi connectivity index (χ2v) is 7.64. The first-order valence-corrected chi connectivity index (χ1v) is 9.54. The number of hydrogen-bond acceptors (Lipinski definition) is 2. The van der Waals surface area contributed by atoms with E-state index in [4.69, 9.17) is 11.6 Å². The van der Waals surface area contributed by atoms with Gasteiger partial charge in [0.1, 0.15) is 0 Å². The summed E-state index contributed by atoms with van der Waals surface area (Å²) in [7, 11) is 0. The molecule has 0 fully saturated rings. The lowest BCUT2D eigenvalue weighted by Gasteiger charge is -2.12. The van der Waals surface area contributed by atoms with E-state index in [1.54, 1.807) is 19.1 Å². The lowest BCUT2D eigenvalue weighted by molar-refractivity contribution is -0.141. The zero-order chi connectivity index (χ0) is 21.4. The van der Waals surface area contributed by atoms with Crippen LogP contribution in [0.2, 0.25) is 5.02 Å². The zero-order valence-corrected chi connectivity index (χ0v) is 16.3. The molecule has 0 bridgehead atoms. The maximum atomic E-state index is 13.2. The molecule has 0 radical (unpaired) electrons. The van der Waals surface area contributed by atoms with Gasteiger partial charge in [0.05, 0.1) is 17.1 Å². The number of nitrogens with zero attached hydrogens (tertiary/aromatic N) is 2. The van der Waals surface area contributed by atoms with Gasteiger partial charge in [-0.05, 0) is 48.9 Å². The monoisotopic (exact) mass is 450 g/mol. The number of alkyl halides is 6. The van der Waals surface area contributed by atoms with E-state index in [9.17, 15) is 26.3 Å². The summed E-state index contributed by atoms with van der Waals surface area (Å²) in [6, 6.07) is 11.5. The highest BCUT2D eigenvalue weighted by atomic mass is 35.5. The highest BCUT2D eigenvalue weighted by molar-refractivity contribution is 7.99. The van der Waals surface area contributed by atoms with Gasteiger partial charge >= 0.3 is 12.4 Å². The highest BCUT2D eigenvalue weighted by Gasteiger charge is 2.35. The smallest absolute Gasteiger partial charge is 0.233 e. The van der Waals surface area contributed by atoms with E-state index < -0.39 is 23.8 Å². The quantitative estimate of drug-likeness (QED) is 0.309. The third-order valence-electron chi connectivity index (χ3n) is 3.95. The van der Waals surface area contributed by atoms with Crippen molar-refractivity contribution in [2.75, 3.05) is 5.75 Å². The Kier molecular flexibility index (Phi) is 5.91. The van der Waals surface area contributed by atoms with Crippen LogP contribution in [0.5, 0.6) is 0 Å². The maximum Gasteiger partial charge on any atom is 0.435 e. The third kappa shape index (κ3) is 5.27. The molecule has 1 heterocycles. The fraction of sp³-hybridized carbons (Fsp3) is 0.211. The number of thioether (sulfide) groups is 1. The molecule has 1 aromatic heterocycles. The van der Waals surface area contributed by atoms with E-state index in [0.29, 0.717) is 38.5 Å². The van der Waals surface area contributed by atoms with Crippen LogP contribution < -0.4 is 0 Å². The topological polar surface area (TPSA) is 17.8 Å². The van der Waals surface area contributed by atoms with E-state index in [0.717, 1.165) is 10.7 Å². The van der Waals surface area contributed by atoms with Gasteiger partial charge in [-0.1, -0.05) is 23.7 Å². The van der Waals surface area contributed by atoms with Gasteiger partial charge < -0.3 is 0 Å². The van der Waals surface area contributed by atoms with Gasteiger partial charge in [-0.2, -0.15) is 31.4 Å². The maximum absolute atomic E-state index is 13.2. The molecule has 0 unspecified atom stereocenters. The Morgan fingerprint density at radius 1 is 0.966 bits per heavy atom. The minimum Gasteiger partial charge on any atom is -0.233 e. The Hall–Kier alpha value is -2.13.